The zero-order valence-corrected chi connectivity index (χ0v) is 12.9. The van der Waals surface area contributed by atoms with Crippen molar-refractivity contribution in [3.05, 3.63) is 71.8 Å². The van der Waals surface area contributed by atoms with E-state index < -0.39 is 0 Å². The predicted molar refractivity (Wildman–Crippen MR) is 88.2 cm³/mol. The Balaban J connectivity index is 2.22. The number of nitrogens with one attached hydrogen (secondary N) is 1. The van der Waals surface area contributed by atoms with Crippen LogP contribution in [0.2, 0.25) is 0 Å². The molecule has 0 aliphatic heterocycles. The van der Waals surface area contributed by atoms with Crippen molar-refractivity contribution in [3.63, 3.8) is 0 Å². The van der Waals surface area contributed by atoms with Crippen LogP contribution in [-0.2, 0) is 0 Å². The fourth-order valence-electron chi connectivity index (χ4n) is 2.36. The number of benzene rings is 2. The van der Waals surface area contributed by atoms with E-state index in [1.54, 1.807) is 0 Å². The van der Waals surface area contributed by atoms with E-state index in [0.29, 0.717) is 0 Å². The van der Waals surface area contributed by atoms with Crippen molar-refractivity contribution in [1.82, 2.24) is 5.32 Å². The molecule has 2 rings (SSSR count). The Bertz CT molecular complexity index is 480. The lowest BCUT2D eigenvalue weighted by molar-refractivity contribution is 0.133. The van der Waals surface area contributed by atoms with Gasteiger partial charge in [-0.1, -0.05) is 74.5 Å². The predicted octanol–water partition coefficient (Wildman–Crippen LogP) is 3.77. The van der Waals surface area contributed by atoms with Crippen molar-refractivity contribution in [3.8, 4) is 0 Å². The lowest BCUT2D eigenvalue weighted by Crippen LogP contribution is -2.36. The van der Waals surface area contributed by atoms with Gasteiger partial charge in [-0.15, -0.1) is 0 Å². The molecule has 21 heavy (non-hydrogen) atoms. The molecule has 2 N–H and O–H groups in total. The van der Waals surface area contributed by atoms with E-state index in [4.69, 9.17) is 0 Å². The summed E-state index contributed by atoms with van der Waals surface area (Å²) in [6.45, 7) is 5.23. The van der Waals surface area contributed by atoms with Gasteiger partial charge in [0, 0.05) is 18.6 Å². The van der Waals surface area contributed by atoms with Gasteiger partial charge in [-0.3, -0.25) is 0 Å². The molecule has 0 saturated carbocycles. The van der Waals surface area contributed by atoms with Gasteiger partial charge in [-0.25, -0.2) is 0 Å². The number of rotatable bonds is 7. The van der Waals surface area contributed by atoms with E-state index in [9.17, 15) is 5.11 Å². The lowest BCUT2D eigenvalue weighted by Gasteiger charge is -2.29. The molecule has 2 aromatic carbocycles. The molecule has 2 heteroatoms. The van der Waals surface area contributed by atoms with Crippen LogP contribution in [0.3, 0.4) is 0 Å². The van der Waals surface area contributed by atoms with Crippen LogP contribution in [0, 0.1) is 5.41 Å². The van der Waals surface area contributed by atoms with Gasteiger partial charge in [0.2, 0.25) is 0 Å². The van der Waals surface area contributed by atoms with Crippen molar-refractivity contribution < 1.29 is 5.11 Å². The van der Waals surface area contributed by atoms with Crippen molar-refractivity contribution in [1.29, 1.82) is 0 Å². The molecular weight excluding hydrogens is 258 g/mol. The highest BCUT2D eigenvalue weighted by molar-refractivity contribution is 5.31. The third-order valence-electron chi connectivity index (χ3n) is 4.23. The Labute approximate surface area is 127 Å². The lowest BCUT2D eigenvalue weighted by atomic mass is 9.87. The van der Waals surface area contributed by atoms with Crippen LogP contribution in [0.25, 0.3) is 0 Å². The number of hydrogen-bond acceptors (Lipinski definition) is 2. The summed E-state index contributed by atoms with van der Waals surface area (Å²) in [5.41, 5.74) is 2.42. The van der Waals surface area contributed by atoms with Gasteiger partial charge < -0.3 is 10.4 Å². The molecule has 1 atom stereocenters. The number of hydrogen-bond donors (Lipinski definition) is 2. The normalized spacial score (nSPS) is 14.1. The summed E-state index contributed by atoms with van der Waals surface area (Å²) in [5.74, 6) is 0. The molecule has 0 aliphatic rings. The first kappa shape index (κ1) is 15.7. The molecule has 0 amide bonds. The molecule has 112 valence electrons. The Kier molecular flexibility index (Phi) is 5.54. The Hall–Kier alpha value is -1.64. The second-order valence-electron chi connectivity index (χ2n) is 5.96. The Morgan fingerprint density at radius 2 is 1.43 bits per heavy atom. The number of aliphatic hydroxyl groups is 1. The molecule has 0 bridgehead atoms. The summed E-state index contributed by atoms with van der Waals surface area (Å²) < 4.78 is 0. The van der Waals surface area contributed by atoms with E-state index in [1.165, 1.54) is 11.1 Å². The van der Waals surface area contributed by atoms with E-state index in [0.717, 1.165) is 13.0 Å². The van der Waals surface area contributed by atoms with Crippen LogP contribution in [0.1, 0.15) is 37.4 Å². The number of aliphatic hydroxyl groups excluding tert-OH is 1. The Morgan fingerprint density at radius 1 is 0.952 bits per heavy atom. The minimum Gasteiger partial charge on any atom is -0.396 e. The van der Waals surface area contributed by atoms with Crippen molar-refractivity contribution in [2.75, 3.05) is 13.2 Å². The summed E-state index contributed by atoms with van der Waals surface area (Å²) in [7, 11) is 0. The van der Waals surface area contributed by atoms with Gasteiger partial charge in [0.05, 0.1) is 6.04 Å². The average Bonchev–Trinajstić information content (AvgIpc) is 2.57. The van der Waals surface area contributed by atoms with Gasteiger partial charge in [-0.2, -0.15) is 0 Å². The maximum Gasteiger partial charge on any atom is 0.0576 e. The minimum atomic E-state index is -0.0815. The van der Waals surface area contributed by atoms with Crippen LogP contribution < -0.4 is 5.32 Å². The first-order valence-corrected chi connectivity index (χ1v) is 7.62. The quantitative estimate of drug-likeness (QED) is 0.810. The van der Waals surface area contributed by atoms with Gasteiger partial charge in [0.1, 0.15) is 0 Å². The third-order valence-corrected chi connectivity index (χ3v) is 4.23. The molecule has 0 heterocycles. The van der Waals surface area contributed by atoms with Gasteiger partial charge in [0.25, 0.3) is 0 Å². The summed E-state index contributed by atoms with van der Waals surface area (Å²) in [4.78, 5) is 0. The molecule has 2 nitrogen and oxygen atoms in total. The van der Waals surface area contributed by atoms with Crippen LogP contribution in [0.5, 0.6) is 0 Å². The van der Waals surface area contributed by atoms with E-state index >= 15 is 0 Å². The van der Waals surface area contributed by atoms with Crippen LogP contribution >= 0.6 is 0 Å². The Morgan fingerprint density at radius 3 is 1.81 bits per heavy atom. The molecule has 0 saturated heterocycles. The second kappa shape index (κ2) is 7.39. The highest BCUT2D eigenvalue weighted by atomic mass is 16.3. The summed E-state index contributed by atoms with van der Waals surface area (Å²) >= 11 is 0. The molecule has 0 aromatic heterocycles. The van der Waals surface area contributed by atoms with Crippen molar-refractivity contribution in [2.24, 2.45) is 5.41 Å². The highest BCUT2D eigenvalue weighted by Gasteiger charge is 2.23. The summed E-state index contributed by atoms with van der Waals surface area (Å²) in [6, 6.07) is 21.1. The smallest absolute Gasteiger partial charge is 0.0576 e. The molecular formula is C19H25NO. The molecule has 0 fully saturated rings. The fraction of sp³-hybridized carbons (Fsp3) is 0.368. The van der Waals surface area contributed by atoms with Gasteiger partial charge in [0.15, 0.2) is 0 Å². The van der Waals surface area contributed by atoms with E-state index in [2.05, 4.69) is 67.7 Å². The SMILES string of the molecule is CCC(C)(CO)CNC(c1ccccc1)c1ccccc1. The molecule has 2 aromatic rings. The van der Waals surface area contributed by atoms with Crippen LogP contribution in [-0.4, -0.2) is 18.3 Å². The second-order valence-corrected chi connectivity index (χ2v) is 5.96. The maximum atomic E-state index is 9.60. The molecule has 0 aliphatic carbocycles. The largest absolute Gasteiger partial charge is 0.396 e. The van der Waals surface area contributed by atoms with E-state index in [1.807, 2.05) is 12.1 Å². The standard InChI is InChI=1S/C19H25NO/c1-3-19(2,15-21)14-20-18(16-10-6-4-7-11-16)17-12-8-5-9-13-17/h4-13,18,20-21H,3,14-15H2,1-2H3. The topological polar surface area (TPSA) is 32.3 Å². The summed E-state index contributed by atoms with van der Waals surface area (Å²) in [6.07, 6.45) is 0.951. The first-order valence-electron chi connectivity index (χ1n) is 7.62. The molecule has 0 radical (unpaired) electrons. The van der Waals surface area contributed by atoms with Crippen LogP contribution in [0.15, 0.2) is 60.7 Å². The highest BCUT2D eigenvalue weighted by Crippen LogP contribution is 2.25. The zero-order chi connectivity index (χ0) is 15.1. The zero-order valence-electron chi connectivity index (χ0n) is 12.9. The average molecular weight is 283 g/mol. The third kappa shape index (κ3) is 4.16. The summed E-state index contributed by atoms with van der Waals surface area (Å²) in [5, 5.41) is 13.2. The molecule has 0 spiro atoms. The van der Waals surface area contributed by atoms with Gasteiger partial charge in [-0.05, 0) is 17.5 Å². The molecule has 1 unspecified atom stereocenters. The van der Waals surface area contributed by atoms with Crippen LogP contribution in [0.4, 0.5) is 0 Å². The fourth-order valence-corrected chi connectivity index (χ4v) is 2.36. The van der Waals surface area contributed by atoms with Crippen molar-refractivity contribution >= 4 is 0 Å². The maximum absolute atomic E-state index is 9.60. The van der Waals surface area contributed by atoms with Gasteiger partial charge >= 0.3 is 0 Å². The monoisotopic (exact) mass is 283 g/mol. The van der Waals surface area contributed by atoms with E-state index in [-0.39, 0.29) is 18.1 Å². The minimum absolute atomic E-state index is 0.0815. The van der Waals surface area contributed by atoms with Crippen molar-refractivity contribution in [2.45, 2.75) is 26.3 Å². The first-order chi connectivity index (χ1) is 10.2.